The monoisotopic (exact) mass is 508 g/mol. The Kier molecular flexibility index (Phi) is 7.05. The molecule has 0 aromatic carbocycles. The molecular weight excluding hydrogens is 468 g/mol. The molecule has 0 unspecified atom stereocenters. The summed E-state index contributed by atoms with van der Waals surface area (Å²) in [6.07, 6.45) is 4.10. The lowest BCUT2D eigenvalue weighted by atomic mass is 9.41. The molecule has 8 atom stereocenters. The third-order valence-corrected chi connectivity index (χ3v) is 10.3. The summed E-state index contributed by atoms with van der Waals surface area (Å²) in [5.74, 6) is -2.18. The summed E-state index contributed by atoms with van der Waals surface area (Å²) in [7, 11) is 0. The van der Waals surface area contributed by atoms with Gasteiger partial charge in [0.2, 0.25) is 0 Å². The van der Waals surface area contributed by atoms with Gasteiger partial charge in [-0.15, -0.1) is 0 Å². The molecule has 0 spiro atoms. The number of ketones is 1. The van der Waals surface area contributed by atoms with Gasteiger partial charge in [0.1, 0.15) is 12.7 Å². The third kappa shape index (κ3) is 4.16. The highest BCUT2D eigenvalue weighted by atomic mass is 16.5. The summed E-state index contributed by atoms with van der Waals surface area (Å²) >= 11 is 0. The van der Waals surface area contributed by atoms with E-state index in [2.05, 4.69) is 0 Å². The van der Waals surface area contributed by atoms with Gasteiger partial charge in [-0.1, -0.05) is 6.92 Å². The molecule has 9 nitrogen and oxygen atoms in total. The van der Waals surface area contributed by atoms with Crippen molar-refractivity contribution in [3.8, 4) is 0 Å². The summed E-state index contributed by atoms with van der Waals surface area (Å²) < 4.78 is 16.0. The van der Waals surface area contributed by atoms with Gasteiger partial charge in [0.15, 0.2) is 5.78 Å². The highest BCUT2D eigenvalue weighted by Crippen LogP contribution is 2.70. The van der Waals surface area contributed by atoms with Gasteiger partial charge in [0.25, 0.3) is 0 Å². The molecule has 202 valence electrons. The van der Waals surface area contributed by atoms with Crippen molar-refractivity contribution in [2.45, 2.75) is 103 Å². The molecule has 0 bridgehead atoms. The number of rotatable bonds is 6. The fourth-order valence-electron chi connectivity index (χ4n) is 8.64. The molecule has 4 fully saturated rings. The molecule has 4 saturated carbocycles. The Morgan fingerprint density at radius 2 is 1.47 bits per heavy atom. The van der Waals surface area contributed by atoms with E-state index in [1.807, 2.05) is 6.92 Å². The summed E-state index contributed by atoms with van der Waals surface area (Å²) in [6, 6.07) is 0. The topological polar surface area (TPSA) is 136 Å². The van der Waals surface area contributed by atoms with Crippen LogP contribution in [0.4, 0.5) is 0 Å². The Hall–Kier alpha value is -2.00. The molecular formula is C27H40O9. The maximum absolute atomic E-state index is 13.0. The number of aliphatic hydroxyl groups is 2. The molecule has 0 aromatic rings. The van der Waals surface area contributed by atoms with E-state index >= 15 is 0 Å². The molecule has 2 N–H and O–H groups in total. The predicted molar refractivity (Wildman–Crippen MR) is 126 cm³/mol. The first-order valence-corrected chi connectivity index (χ1v) is 13.2. The largest absolute Gasteiger partial charge is 0.465 e. The van der Waals surface area contributed by atoms with Crippen molar-refractivity contribution in [3.63, 3.8) is 0 Å². The van der Waals surface area contributed by atoms with Crippen LogP contribution >= 0.6 is 0 Å². The van der Waals surface area contributed by atoms with Crippen LogP contribution in [0.2, 0.25) is 0 Å². The second-order valence-corrected chi connectivity index (χ2v) is 11.9. The zero-order valence-corrected chi connectivity index (χ0v) is 21.8. The molecule has 0 amide bonds. The number of carbonyl (C=O) groups excluding carboxylic acids is 4. The lowest BCUT2D eigenvalue weighted by molar-refractivity contribution is -0.272. The van der Waals surface area contributed by atoms with E-state index in [0.717, 1.165) is 0 Å². The highest BCUT2D eigenvalue weighted by molar-refractivity contribution is 5.85. The number of ether oxygens (including phenoxy) is 3. The van der Waals surface area contributed by atoms with Crippen LogP contribution in [0.5, 0.6) is 0 Å². The zero-order valence-electron chi connectivity index (χ0n) is 21.8. The summed E-state index contributed by atoms with van der Waals surface area (Å²) in [5.41, 5.74) is -3.76. The second-order valence-electron chi connectivity index (χ2n) is 11.9. The smallest absolute Gasteiger partial charge is 0.303 e. The fraction of sp³-hybridized carbons (Fsp3) is 0.852. The lowest BCUT2D eigenvalue weighted by Gasteiger charge is -2.66. The maximum Gasteiger partial charge on any atom is 0.303 e. The molecule has 0 aliphatic heterocycles. The number of carbonyl (C=O) groups is 4. The van der Waals surface area contributed by atoms with Crippen LogP contribution in [0.3, 0.4) is 0 Å². The van der Waals surface area contributed by atoms with Crippen LogP contribution in [-0.4, -0.2) is 64.4 Å². The minimum Gasteiger partial charge on any atom is -0.465 e. The van der Waals surface area contributed by atoms with E-state index in [1.54, 1.807) is 0 Å². The van der Waals surface area contributed by atoms with Crippen LogP contribution in [0.25, 0.3) is 0 Å². The van der Waals surface area contributed by atoms with Gasteiger partial charge in [-0.2, -0.15) is 0 Å². The molecule has 0 heterocycles. The molecule has 4 rings (SSSR count). The van der Waals surface area contributed by atoms with Gasteiger partial charge in [-0.3, -0.25) is 19.2 Å². The van der Waals surface area contributed by atoms with E-state index in [0.29, 0.717) is 51.4 Å². The molecule has 0 saturated heterocycles. The van der Waals surface area contributed by atoms with Crippen molar-refractivity contribution in [1.82, 2.24) is 0 Å². The van der Waals surface area contributed by atoms with Crippen LogP contribution in [-0.2, 0) is 33.4 Å². The van der Waals surface area contributed by atoms with Crippen molar-refractivity contribution in [1.29, 1.82) is 0 Å². The molecule has 0 aromatic heterocycles. The summed E-state index contributed by atoms with van der Waals surface area (Å²) in [6.45, 7) is 5.72. The van der Waals surface area contributed by atoms with Gasteiger partial charge >= 0.3 is 17.9 Å². The van der Waals surface area contributed by atoms with Crippen molar-refractivity contribution in [2.75, 3.05) is 13.2 Å². The maximum atomic E-state index is 13.0. The first-order valence-electron chi connectivity index (χ1n) is 13.2. The Balaban J connectivity index is 1.65. The standard InChI is InChI=1S/C27H40O9/c1-16(28)34-14-23(31)22-8-12-27(33)21-7-11-26(32)13-19(36-18(3)30)5-10-25(26,15-35-17(2)29)20(21)6-9-24(22,27)4/h19-22,32-33H,5-15H2,1-4H3/t19-,20+,21-,22-,24-,25+,26-,27-/m1/s1. The van der Waals surface area contributed by atoms with Crippen molar-refractivity contribution in [2.24, 2.45) is 28.6 Å². The van der Waals surface area contributed by atoms with Crippen molar-refractivity contribution < 1.29 is 43.6 Å². The first kappa shape index (κ1) is 27.0. The Bertz CT molecular complexity index is 932. The van der Waals surface area contributed by atoms with Crippen molar-refractivity contribution in [3.05, 3.63) is 0 Å². The molecule has 36 heavy (non-hydrogen) atoms. The van der Waals surface area contributed by atoms with Gasteiger partial charge in [0.05, 0.1) is 17.8 Å². The molecule has 4 aliphatic rings. The van der Waals surface area contributed by atoms with Crippen molar-refractivity contribution >= 4 is 23.7 Å². The molecule has 9 heteroatoms. The number of hydrogen-bond donors (Lipinski definition) is 2. The Morgan fingerprint density at radius 3 is 2.11 bits per heavy atom. The minimum atomic E-state index is -1.20. The van der Waals surface area contributed by atoms with Crippen LogP contribution in [0.15, 0.2) is 0 Å². The van der Waals surface area contributed by atoms with Gasteiger partial charge < -0.3 is 24.4 Å². The predicted octanol–water partition coefficient (Wildman–Crippen LogP) is 2.48. The van der Waals surface area contributed by atoms with Gasteiger partial charge in [-0.25, -0.2) is 0 Å². The number of hydrogen-bond acceptors (Lipinski definition) is 9. The normalized spacial score (nSPS) is 43.4. The van der Waals surface area contributed by atoms with Gasteiger partial charge in [0, 0.05) is 43.9 Å². The zero-order chi connectivity index (χ0) is 26.5. The number of esters is 3. The second kappa shape index (κ2) is 9.39. The van der Waals surface area contributed by atoms with Crippen LogP contribution in [0, 0.1) is 28.6 Å². The third-order valence-electron chi connectivity index (χ3n) is 10.3. The summed E-state index contributed by atoms with van der Waals surface area (Å²) in [4.78, 5) is 47.8. The molecule has 4 aliphatic carbocycles. The Labute approximate surface area is 212 Å². The lowest BCUT2D eigenvalue weighted by Crippen LogP contribution is -2.69. The number of fused-ring (bicyclic) bond motifs is 5. The quantitative estimate of drug-likeness (QED) is 0.409. The van der Waals surface area contributed by atoms with E-state index in [4.69, 9.17) is 14.2 Å². The average Bonchev–Trinajstić information content (AvgIpc) is 3.06. The van der Waals surface area contributed by atoms with E-state index in [9.17, 15) is 29.4 Å². The van der Waals surface area contributed by atoms with E-state index < -0.39 is 46.0 Å². The van der Waals surface area contributed by atoms with Crippen LogP contribution in [0.1, 0.15) is 85.5 Å². The number of Topliss-reactive ketones (excluding diaryl/α,β-unsaturated/α-hetero) is 1. The SMILES string of the molecule is CC(=O)OCC(=O)[C@H]1CC[C@@]2(O)[C@@H]3CC[C@@]4(O)C[C@H](OC(C)=O)CC[C@]4(COC(C)=O)[C@H]3CC[C@]12C. The van der Waals surface area contributed by atoms with Crippen LogP contribution < -0.4 is 0 Å². The molecule has 0 radical (unpaired) electrons. The van der Waals surface area contributed by atoms with Gasteiger partial charge in [-0.05, 0) is 63.2 Å². The minimum absolute atomic E-state index is 0.0500. The van der Waals surface area contributed by atoms with E-state index in [-0.39, 0.29) is 43.2 Å². The first-order chi connectivity index (χ1) is 16.8. The summed E-state index contributed by atoms with van der Waals surface area (Å²) in [5, 5.41) is 24.3. The van der Waals surface area contributed by atoms with E-state index in [1.165, 1.54) is 20.8 Å². The average molecular weight is 509 g/mol. The Morgan fingerprint density at radius 1 is 0.806 bits per heavy atom. The highest BCUT2D eigenvalue weighted by Gasteiger charge is 2.72. The fourth-order valence-corrected chi connectivity index (χ4v) is 8.64.